The molecule has 1 atom stereocenters. The van der Waals surface area contributed by atoms with Crippen LogP contribution in [0.25, 0.3) is 0 Å². The van der Waals surface area contributed by atoms with Crippen LogP contribution in [0.3, 0.4) is 0 Å². The van der Waals surface area contributed by atoms with E-state index in [9.17, 15) is 19.2 Å². The van der Waals surface area contributed by atoms with E-state index in [1.54, 1.807) is 65.8 Å². The smallest absolute Gasteiger partial charge is 0.420 e. The molecule has 8 heteroatoms. The Kier molecular flexibility index (Phi) is 8.57. The maximum absolute atomic E-state index is 12.6. The van der Waals surface area contributed by atoms with E-state index < -0.39 is 47.6 Å². The maximum Gasteiger partial charge on any atom is 0.420 e. The van der Waals surface area contributed by atoms with E-state index in [1.807, 2.05) is 6.07 Å². The first-order chi connectivity index (χ1) is 13.7. The number of benzene rings is 1. The van der Waals surface area contributed by atoms with Crippen molar-refractivity contribution in [2.24, 2.45) is 0 Å². The molecular formula is C22H31NO7. The predicted octanol–water partition coefficient (Wildman–Crippen LogP) is 4.25. The molecule has 0 radical (unpaired) electrons. The number of imide groups is 1. The lowest BCUT2D eigenvalue weighted by Crippen LogP contribution is -2.51. The number of rotatable bonds is 6. The lowest BCUT2D eigenvalue weighted by Gasteiger charge is -2.31. The number of ether oxygens (including phenoxy) is 3. The number of hydrogen-bond acceptors (Lipinski definition) is 7. The molecule has 1 rings (SSSR count). The van der Waals surface area contributed by atoms with Crippen molar-refractivity contribution in [2.75, 3.05) is 0 Å². The van der Waals surface area contributed by atoms with Gasteiger partial charge in [-0.2, -0.15) is 0 Å². The molecule has 0 saturated heterocycles. The van der Waals surface area contributed by atoms with Gasteiger partial charge in [0.2, 0.25) is 0 Å². The van der Waals surface area contributed by atoms with Crippen LogP contribution in [0.4, 0.5) is 9.59 Å². The first kappa shape index (κ1) is 25.1. The molecule has 0 N–H and O–H groups in total. The van der Waals surface area contributed by atoms with Crippen molar-refractivity contribution in [3.8, 4) is 0 Å². The molecule has 0 saturated carbocycles. The van der Waals surface area contributed by atoms with Crippen LogP contribution in [0, 0.1) is 0 Å². The molecule has 1 aromatic carbocycles. The number of carbonyl (C=O) groups is 4. The van der Waals surface area contributed by atoms with E-state index in [0.29, 0.717) is 4.90 Å². The summed E-state index contributed by atoms with van der Waals surface area (Å²) in [7, 11) is 0. The van der Waals surface area contributed by atoms with Crippen LogP contribution < -0.4 is 0 Å². The van der Waals surface area contributed by atoms with Crippen LogP contribution >= 0.6 is 0 Å². The molecule has 0 aromatic heterocycles. The summed E-state index contributed by atoms with van der Waals surface area (Å²) in [5, 5.41) is 0. The van der Waals surface area contributed by atoms with Gasteiger partial charge in [-0.3, -0.25) is 9.59 Å². The second-order valence-corrected chi connectivity index (χ2v) is 8.80. The number of amides is 2. The molecule has 0 unspecified atom stereocenters. The molecular weight excluding hydrogens is 390 g/mol. The van der Waals surface area contributed by atoms with Gasteiger partial charge in [-0.15, -0.1) is 0 Å². The molecule has 8 nitrogen and oxygen atoms in total. The normalized spacial score (nSPS) is 12.5. The van der Waals surface area contributed by atoms with Crippen molar-refractivity contribution in [3.05, 3.63) is 35.9 Å². The summed E-state index contributed by atoms with van der Waals surface area (Å²) in [6.45, 7) is 11.1. The van der Waals surface area contributed by atoms with Crippen molar-refractivity contribution >= 4 is 23.9 Å². The second-order valence-electron chi connectivity index (χ2n) is 8.80. The van der Waals surface area contributed by atoms with Gasteiger partial charge < -0.3 is 14.2 Å². The molecule has 0 fully saturated rings. The minimum absolute atomic E-state index is 0.0170. The first-order valence-corrected chi connectivity index (χ1v) is 9.67. The highest BCUT2D eigenvalue weighted by Crippen LogP contribution is 2.18. The van der Waals surface area contributed by atoms with Crippen molar-refractivity contribution in [1.29, 1.82) is 0 Å². The van der Waals surface area contributed by atoms with Crippen molar-refractivity contribution in [1.82, 2.24) is 4.90 Å². The topological polar surface area (TPSA) is 99.2 Å². The monoisotopic (exact) mass is 421 g/mol. The first-order valence-electron chi connectivity index (χ1n) is 9.67. The number of carbonyl (C=O) groups excluding carboxylic acids is 4. The van der Waals surface area contributed by atoms with Gasteiger partial charge in [-0.25, -0.2) is 14.5 Å². The third-order valence-electron chi connectivity index (χ3n) is 3.59. The Morgan fingerprint density at radius 2 is 1.33 bits per heavy atom. The SMILES string of the molecule is C[C@@H](C(=O)CC(=O)OCc1ccccc1)N(C(=O)OC(C)(C)C)C(=O)OC(C)(C)C. The number of Topliss-reactive ketones (excluding diaryl/α,β-unsaturated/α-hetero) is 1. The van der Waals surface area contributed by atoms with Crippen molar-refractivity contribution in [3.63, 3.8) is 0 Å². The zero-order valence-electron chi connectivity index (χ0n) is 18.7. The summed E-state index contributed by atoms with van der Waals surface area (Å²) < 4.78 is 15.6. The Hall–Kier alpha value is -2.90. The van der Waals surface area contributed by atoms with Crippen molar-refractivity contribution in [2.45, 2.75) is 78.7 Å². The van der Waals surface area contributed by atoms with Crippen LogP contribution in [0.15, 0.2) is 30.3 Å². The van der Waals surface area contributed by atoms with Crippen LogP contribution in [0.2, 0.25) is 0 Å². The van der Waals surface area contributed by atoms with Gasteiger partial charge in [-0.1, -0.05) is 30.3 Å². The Labute approximate surface area is 177 Å². The minimum Gasteiger partial charge on any atom is -0.460 e. The number of esters is 1. The van der Waals surface area contributed by atoms with Crippen LogP contribution in [0.1, 0.15) is 60.5 Å². The molecule has 0 aliphatic rings. The lowest BCUT2D eigenvalue weighted by atomic mass is 10.1. The number of hydrogen-bond donors (Lipinski definition) is 0. The Morgan fingerprint density at radius 1 is 0.867 bits per heavy atom. The molecule has 0 spiro atoms. The van der Waals surface area contributed by atoms with Gasteiger partial charge in [0, 0.05) is 0 Å². The third-order valence-corrected chi connectivity index (χ3v) is 3.59. The molecule has 0 bridgehead atoms. The molecule has 166 valence electrons. The fourth-order valence-corrected chi connectivity index (χ4v) is 2.24. The summed E-state index contributed by atoms with van der Waals surface area (Å²) in [6.07, 6.45) is -2.67. The zero-order valence-corrected chi connectivity index (χ0v) is 18.7. The van der Waals surface area contributed by atoms with Crippen LogP contribution in [0.5, 0.6) is 0 Å². The highest BCUT2D eigenvalue weighted by molar-refractivity contribution is 6.02. The van der Waals surface area contributed by atoms with Crippen LogP contribution in [-0.4, -0.2) is 46.1 Å². The fourth-order valence-electron chi connectivity index (χ4n) is 2.24. The minimum atomic E-state index is -1.28. The summed E-state index contributed by atoms with van der Waals surface area (Å²) in [4.78, 5) is 50.4. The maximum atomic E-state index is 12.6. The van der Waals surface area contributed by atoms with Gasteiger partial charge in [0.15, 0.2) is 5.78 Å². The summed E-state index contributed by atoms with van der Waals surface area (Å²) in [6, 6.07) is 7.72. The molecule has 30 heavy (non-hydrogen) atoms. The van der Waals surface area contributed by atoms with E-state index in [1.165, 1.54) is 6.92 Å². The van der Waals surface area contributed by atoms with E-state index in [-0.39, 0.29) is 6.61 Å². The van der Waals surface area contributed by atoms with Crippen molar-refractivity contribution < 1.29 is 33.4 Å². The van der Waals surface area contributed by atoms with Gasteiger partial charge in [0.25, 0.3) is 0 Å². The van der Waals surface area contributed by atoms with Gasteiger partial charge in [0.1, 0.15) is 30.3 Å². The second kappa shape index (κ2) is 10.2. The highest BCUT2D eigenvalue weighted by Gasteiger charge is 2.38. The lowest BCUT2D eigenvalue weighted by molar-refractivity contribution is -0.148. The van der Waals surface area contributed by atoms with E-state index in [0.717, 1.165) is 5.56 Å². The van der Waals surface area contributed by atoms with Crippen LogP contribution in [-0.2, 0) is 30.4 Å². The van der Waals surface area contributed by atoms with Gasteiger partial charge in [-0.05, 0) is 54.0 Å². The Morgan fingerprint density at radius 3 is 1.77 bits per heavy atom. The quantitative estimate of drug-likeness (QED) is 0.385. The largest absolute Gasteiger partial charge is 0.460 e. The molecule has 2 amide bonds. The van der Waals surface area contributed by atoms with Gasteiger partial charge in [0.05, 0.1) is 0 Å². The number of ketones is 1. The summed E-state index contributed by atoms with van der Waals surface area (Å²) in [5.41, 5.74) is -1.01. The molecule has 0 aliphatic heterocycles. The van der Waals surface area contributed by atoms with E-state index >= 15 is 0 Å². The van der Waals surface area contributed by atoms with E-state index in [2.05, 4.69) is 0 Å². The molecule has 0 aliphatic carbocycles. The zero-order chi connectivity index (χ0) is 23.1. The van der Waals surface area contributed by atoms with E-state index in [4.69, 9.17) is 14.2 Å². The summed E-state index contributed by atoms with van der Waals surface area (Å²) in [5.74, 6) is -1.44. The fraction of sp³-hybridized carbons (Fsp3) is 0.545. The molecule has 0 heterocycles. The van der Waals surface area contributed by atoms with Gasteiger partial charge >= 0.3 is 18.2 Å². The number of nitrogens with zero attached hydrogens (tertiary/aromatic N) is 1. The average molecular weight is 421 g/mol. The predicted molar refractivity (Wildman–Crippen MR) is 110 cm³/mol. The Balaban J connectivity index is 2.86. The standard InChI is InChI=1S/C22H31NO7/c1-15(17(24)13-18(25)28-14-16-11-9-8-10-12-16)23(19(26)29-21(2,3)4)20(27)30-22(5,6)7/h8-12,15H,13-14H2,1-7H3/t15-/m0/s1. The average Bonchev–Trinajstić information content (AvgIpc) is 2.57. The third kappa shape index (κ3) is 9.07. The molecule has 1 aromatic rings. The highest BCUT2D eigenvalue weighted by atomic mass is 16.6. The Bertz CT molecular complexity index is 732. The summed E-state index contributed by atoms with van der Waals surface area (Å²) >= 11 is 0.